The lowest BCUT2D eigenvalue weighted by Gasteiger charge is -2.01. The molecule has 0 saturated carbocycles. The standard InChI is InChI=1S/C10H19ClO/c1-2-3-6-9-12-10-7-4-5-8-11/h2H,1,3-10H2. The summed E-state index contributed by atoms with van der Waals surface area (Å²) in [6.45, 7) is 5.40. The van der Waals surface area contributed by atoms with E-state index in [1.54, 1.807) is 0 Å². The van der Waals surface area contributed by atoms with E-state index in [9.17, 15) is 0 Å². The Morgan fingerprint density at radius 3 is 2.50 bits per heavy atom. The maximum Gasteiger partial charge on any atom is 0.0468 e. The van der Waals surface area contributed by atoms with Gasteiger partial charge in [-0.05, 0) is 32.1 Å². The number of rotatable bonds is 9. The Labute approximate surface area is 80.8 Å². The quantitative estimate of drug-likeness (QED) is 0.308. The van der Waals surface area contributed by atoms with Crippen molar-refractivity contribution in [3.63, 3.8) is 0 Å². The van der Waals surface area contributed by atoms with Crippen LogP contribution in [0.3, 0.4) is 0 Å². The average Bonchev–Trinajstić information content (AvgIpc) is 2.10. The maximum absolute atomic E-state index is 5.53. The molecule has 0 atom stereocenters. The van der Waals surface area contributed by atoms with E-state index in [4.69, 9.17) is 16.3 Å². The monoisotopic (exact) mass is 190 g/mol. The van der Waals surface area contributed by atoms with Gasteiger partial charge in [0.05, 0.1) is 0 Å². The van der Waals surface area contributed by atoms with Crippen molar-refractivity contribution in [2.75, 3.05) is 19.1 Å². The molecule has 2 heteroatoms. The van der Waals surface area contributed by atoms with Crippen molar-refractivity contribution >= 4 is 11.6 Å². The smallest absolute Gasteiger partial charge is 0.0468 e. The molecular formula is C10H19ClO. The molecule has 0 radical (unpaired) electrons. The van der Waals surface area contributed by atoms with E-state index < -0.39 is 0 Å². The molecule has 0 saturated heterocycles. The third-order valence-corrected chi connectivity index (χ3v) is 1.89. The Bertz CT molecular complexity index is 93.8. The van der Waals surface area contributed by atoms with E-state index in [-0.39, 0.29) is 0 Å². The van der Waals surface area contributed by atoms with Gasteiger partial charge in [-0.3, -0.25) is 0 Å². The lowest BCUT2D eigenvalue weighted by Crippen LogP contribution is -1.96. The highest BCUT2D eigenvalue weighted by molar-refractivity contribution is 6.17. The summed E-state index contributed by atoms with van der Waals surface area (Å²) in [5, 5.41) is 0. The topological polar surface area (TPSA) is 9.23 Å². The zero-order valence-electron chi connectivity index (χ0n) is 7.73. The van der Waals surface area contributed by atoms with E-state index in [0.29, 0.717) is 0 Å². The maximum atomic E-state index is 5.53. The average molecular weight is 191 g/mol. The first-order chi connectivity index (χ1) is 5.91. The molecule has 12 heavy (non-hydrogen) atoms. The second-order valence-electron chi connectivity index (χ2n) is 2.79. The summed E-state index contributed by atoms with van der Waals surface area (Å²) in [5.74, 6) is 0.774. The van der Waals surface area contributed by atoms with Crippen LogP contribution < -0.4 is 0 Å². The lowest BCUT2D eigenvalue weighted by molar-refractivity contribution is 0.128. The molecule has 0 unspecified atom stereocenters. The minimum absolute atomic E-state index is 0.774. The second kappa shape index (κ2) is 11.0. The largest absolute Gasteiger partial charge is 0.381 e. The Balaban J connectivity index is 2.77. The van der Waals surface area contributed by atoms with Crippen molar-refractivity contribution < 1.29 is 4.74 Å². The van der Waals surface area contributed by atoms with Gasteiger partial charge in [-0.2, -0.15) is 0 Å². The van der Waals surface area contributed by atoms with Gasteiger partial charge >= 0.3 is 0 Å². The molecule has 0 N–H and O–H groups in total. The summed E-state index contributed by atoms with van der Waals surface area (Å²) in [6.07, 6.45) is 7.51. The SMILES string of the molecule is C=CCCCOCCCCCCl. The summed E-state index contributed by atoms with van der Waals surface area (Å²) in [5.41, 5.74) is 0. The molecule has 0 amide bonds. The zero-order valence-corrected chi connectivity index (χ0v) is 8.48. The van der Waals surface area contributed by atoms with Crippen LogP contribution in [0.25, 0.3) is 0 Å². The van der Waals surface area contributed by atoms with Crippen molar-refractivity contribution in [3.8, 4) is 0 Å². The van der Waals surface area contributed by atoms with Crippen molar-refractivity contribution in [2.24, 2.45) is 0 Å². The number of hydrogen-bond acceptors (Lipinski definition) is 1. The summed E-state index contributed by atoms with van der Waals surface area (Å²) in [7, 11) is 0. The molecule has 0 spiro atoms. The molecular weight excluding hydrogens is 172 g/mol. The number of hydrogen-bond donors (Lipinski definition) is 0. The Morgan fingerprint density at radius 1 is 1.08 bits per heavy atom. The third kappa shape index (κ3) is 9.99. The number of ether oxygens (including phenoxy) is 1. The van der Waals surface area contributed by atoms with Gasteiger partial charge in [0.1, 0.15) is 0 Å². The molecule has 0 aromatic heterocycles. The van der Waals surface area contributed by atoms with Gasteiger partial charge in [-0.15, -0.1) is 18.2 Å². The van der Waals surface area contributed by atoms with Crippen LogP contribution in [0.2, 0.25) is 0 Å². The van der Waals surface area contributed by atoms with Crippen LogP contribution in [0.5, 0.6) is 0 Å². The van der Waals surface area contributed by atoms with Crippen molar-refractivity contribution in [2.45, 2.75) is 32.1 Å². The number of unbranched alkanes of at least 4 members (excludes halogenated alkanes) is 3. The molecule has 0 aromatic carbocycles. The Morgan fingerprint density at radius 2 is 1.83 bits per heavy atom. The first-order valence-electron chi connectivity index (χ1n) is 4.66. The highest BCUT2D eigenvalue weighted by atomic mass is 35.5. The van der Waals surface area contributed by atoms with E-state index in [2.05, 4.69) is 6.58 Å². The van der Waals surface area contributed by atoms with Crippen LogP contribution in [0.15, 0.2) is 12.7 Å². The van der Waals surface area contributed by atoms with Gasteiger partial charge in [-0.25, -0.2) is 0 Å². The fourth-order valence-corrected chi connectivity index (χ4v) is 1.10. The van der Waals surface area contributed by atoms with Crippen LogP contribution >= 0.6 is 11.6 Å². The minimum atomic E-state index is 0.774. The first kappa shape index (κ1) is 12.0. The molecule has 0 aliphatic heterocycles. The predicted octanol–water partition coefficient (Wildman–Crippen LogP) is 3.38. The zero-order chi connectivity index (χ0) is 9.07. The van der Waals surface area contributed by atoms with Crippen LogP contribution in [-0.2, 0) is 4.74 Å². The normalized spacial score (nSPS) is 10.1. The third-order valence-electron chi connectivity index (χ3n) is 1.62. The molecule has 0 aliphatic rings. The predicted molar refractivity (Wildman–Crippen MR) is 54.8 cm³/mol. The van der Waals surface area contributed by atoms with E-state index in [1.165, 1.54) is 6.42 Å². The summed E-state index contributed by atoms with van der Waals surface area (Å²) < 4.78 is 5.39. The van der Waals surface area contributed by atoms with Gasteiger partial charge in [0.15, 0.2) is 0 Å². The summed E-state index contributed by atoms with van der Waals surface area (Å²) in [4.78, 5) is 0. The van der Waals surface area contributed by atoms with E-state index in [0.717, 1.165) is 44.8 Å². The lowest BCUT2D eigenvalue weighted by atomic mass is 10.3. The summed E-state index contributed by atoms with van der Waals surface area (Å²) in [6, 6.07) is 0. The van der Waals surface area contributed by atoms with Crippen LogP contribution in [-0.4, -0.2) is 19.1 Å². The molecule has 0 bridgehead atoms. The number of alkyl halides is 1. The van der Waals surface area contributed by atoms with Crippen LogP contribution in [0.1, 0.15) is 32.1 Å². The molecule has 72 valence electrons. The summed E-state index contributed by atoms with van der Waals surface area (Å²) >= 11 is 5.53. The number of halogens is 1. The van der Waals surface area contributed by atoms with Gasteiger partial charge in [0.25, 0.3) is 0 Å². The molecule has 0 fully saturated rings. The van der Waals surface area contributed by atoms with Gasteiger partial charge in [-0.1, -0.05) is 6.08 Å². The molecule has 0 heterocycles. The highest BCUT2D eigenvalue weighted by Crippen LogP contribution is 1.98. The second-order valence-corrected chi connectivity index (χ2v) is 3.17. The van der Waals surface area contributed by atoms with Crippen molar-refractivity contribution in [1.29, 1.82) is 0 Å². The number of allylic oxidation sites excluding steroid dienone is 1. The molecule has 0 aliphatic carbocycles. The fraction of sp³-hybridized carbons (Fsp3) is 0.800. The molecule has 1 nitrogen and oxygen atoms in total. The van der Waals surface area contributed by atoms with Crippen LogP contribution in [0, 0.1) is 0 Å². The Hall–Kier alpha value is -0.0100. The van der Waals surface area contributed by atoms with E-state index in [1.807, 2.05) is 6.08 Å². The van der Waals surface area contributed by atoms with Crippen LogP contribution in [0.4, 0.5) is 0 Å². The highest BCUT2D eigenvalue weighted by Gasteiger charge is 1.89. The molecule has 0 rings (SSSR count). The Kier molecular flexibility index (Phi) is 11.0. The fourth-order valence-electron chi connectivity index (χ4n) is 0.907. The minimum Gasteiger partial charge on any atom is -0.381 e. The molecule has 0 aromatic rings. The van der Waals surface area contributed by atoms with Gasteiger partial charge < -0.3 is 4.74 Å². The van der Waals surface area contributed by atoms with E-state index >= 15 is 0 Å². The first-order valence-corrected chi connectivity index (χ1v) is 5.20. The van der Waals surface area contributed by atoms with Crippen molar-refractivity contribution in [1.82, 2.24) is 0 Å². The van der Waals surface area contributed by atoms with Crippen molar-refractivity contribution in [3.05, 3.63) is 12.7 Å². The van der Waals surface area contributed by atoms with Gasteiger partial charge in [0, 0.05) is 19.1 Å². The van der Waals surface area contributed by atoms with Gasteiger partial charge in [0.2, 0.25) is 0 Å².